The highest BCUT2D eigenvalue weighted by Gasteiger charge is 2.22. The van der Waals surface area contributed by atoms with Gasteiger partial charge >= 0.3 is 0 Å². The van der Waals surface area contributed by atoms with E-state index in [9.17, 15) is 9.32 Å². The van der Waals surface area contributed by atoms with Gasteiger partial charge in [0.2, 0.25) is 0 Å². The molecule has 3 unspecified atom stereocenters. The van der Waals surface area contributed by atoms with Crippen LogP contribution in [0.2, 0.25) is 10.0 Å². The number of rotatable bonds is 11. The molecule has 0 spiro atoms. The second-order valence-corrected chi connectivity index (χ2v) is 10.5. The maximum absolute atomic E-state index is 12.2. The van der Waals surface area contributed by atoms with E-state index < -0.39 is 17.2 Å². The predicted octanol–water partition coefficient (Wildman–Crippen LogP) is 5.54. The quantitative estimate of drug-likeness (QED) is 0.318. The van der Waals surface area contributed by atoms with Gasteiger partial charge < -0.3 is 5.11 Å². The molecule has 2 rings (SSSR count). The summed E-state index contributed by atoms with van der Waals surface area (Å²) >= 11 is 17.8. The van der Waals surface area contributed by atoms with Crippen molar-refractivity contribution in [2.45, 2.75) is 26.1 Å². The van der Waals surface area contributed by atoms with Gasteiger partial charge in [0, 0.05) is 35.2 Å². The van der Waals surface area contributed by atoms with Gasteiger partial charge in [-0.3, -0.25) is 4.90 Å². The van der Waals surface area contributed by atoms with Crippen LogP contribution in [0, 0.1) is 5.92 Å². The number of halogens is 3. The van der Waals surface area contributed by atoms with E-state index in [1.54, 1.807) is 12.1 Å². The van der Waals surface area contributed by atoms with Crippen molar-refractivity contribution in [3.63, 3.8) is 0 Å². The van der Waals surface area contributed by atoms with E-state index in [-0.39, 0.29) is 5.92 Å². The summed E-state index contributed by atoms with van der Waals surface area (Å²) in [6.07, 6.45) is 7.72. The molecule has 31 heavy (non-hydrogen) atoms. The fourth-order valence-corrected chi connectivity index (χ4v) is 5.03. The van der Waals surface area contributed by atoms with Crippen molar-refractivity contribution in [3.05, 3.63) is 81.4 Å². The van der Waals surface area contributed by atoms with E-state index in [4.69, 9.17) is 34.8 Å². The first kappa shape index (κ1) is 26.3. The van der Waals surface area contributed by atoms with E-state index in [0.717, 1.165) is 23.1 Å². The first-order valence-electron chi connectivity index (χ1n) is 9.94. The minimum Gasteiger partial charge on any atom is -0.374 e. The van der Waals surface area contributed by atoms with Gasteiger partial charge in [0.25, 0.3) is 0 Å². The zero-order valence-corrected chi connectivity index (χ0v) is 20.9. The average Bonchev–Trinajstić information content (AvgIpc) is 2.70. The van der Waals surface area contributed by atoms with E-state index in [0.29, 0.717) is 35.4 Å². The highest BCUT2D eigenvalue weighted by molar-refractivity contribution is 7.82. The summed E-state index contributed by atoms with van der Waals surface area (Å²) in [5.41, 5.74) is 4.09. The van der Waals surface area contributed by atoms with Crippen LogP contribution < -0.4 is 0 Å². The number of allylic oxidation sites excluding steroid dienone is 1. The highest BCUT2D eigenvalue weighted by atomic mass is 35.5. The lowest BCUT2D eigenvalue weighted by Crippen LogP contribution is -2.37. The third-order valence-electron chi connectivity index (χ3n) is 4.81. The summed E-state index contributed by atoms with van der Waals surface area (Å²) in [7, 11) is 0.732. The molecule has 8 heteroatoms. The topological polar surface area (TPSA) is 43.8 Å². The molecular formula is C23H29Cl3N2O2S. The van der Waals surface area contributed by atoms with Gasteiger partial charge in [0.1, 0.15) is 6.23 Å². The van der Waals surface area contributed by atoms with Gasteiger partial charge in [-0.15, -0.1) is 0 Å². The SMILES string of the molecule is C=C(C)CN(Cc1cc(Cl)cc(Cl)c1)C(O)C1=CCC(CN(C)S(=O)C/C=C/Cl)C=C1. The molecule has 1 aromatic carbocycles. The molecule has 1 aliphatic rings. The Morgan fingerprint density at radius 2 is 2.03 bits per heavy atom. The molecular weight excluding hydrogens is 475 g/mol. The largest absolute Gasteiger partial charge is 0.374 e. The standard InChI is InChI=1S/C23H29Cl3N2O2S/c1-17(2)14-28(16-19-11-21(25)13-22(26)12-19)23(29)20-7-5-18(6-8-20)15-27(3)31(30)10-4-9-24/h4-5,7-9,11-13,18,23,29H,1,6,10,14-16H2,2-3H3/b9-4+. The lowest BCUT2D eigenvalue weighted by molar-refractivity contribution is 0.0356. The second kappa shape index (κ2) is 12.9. The molecule has 0 fully saturated rings. The molecule has 0 saturated carbocycles. The smallest absolute Gasteiger partial charge is 0.133 e. The monoisotopic (exact) mass is 502 g/mol. The minimum absolute atomic E-state index is 0.228. The molecule has 3 atom stereocenters. The summed E-state index contributed by atoms with van der Waals surface area (Å²) in [6.45, 7) is 7.61. The molecule has 0 radical (unpaired) electrons. The summed E-state index contributed by atoms with van der Waals surface area (Å²) in [5, 5.41) is 12.2. The molecule has 1 N–H and O–H groups in total. The van der Waals surface area contributed by atoms with Crippen LogP contribution in [0.5, 0.6) is 0 Å². The predicted molar refractivity (Wildman–Crippen MR) is 134 cm³/mol. The Morgan fingerprint density at radius 1 is 1.35 bits per heavy atom. The first-order chi connectivity index (χ1) is 14.7. The van der Waals surface area contributed by atoms with Crippen LogP contribution in [0.3, 0.4) is 0 Å². The van der Waals surface area contributed by atoms with Crippen LogP contribution in [0.4, 0.5) is 0 Å². The van der Waals surface area contributed by atoms with Crippen molar-refractivity contribution in [1.29, 1.82) is 0 Å². The molecule has 4 nitrogen and oxygen atoms in total. The first-order valence-corrected chi connectivity index (χ1v) is 12.4. The molecule has 0 heterocycles. The maximum atomic E-state index is 12.2. The molecule has 170 valence electrons. The summed E-state index contributed by atoms with van der Waals surface area (Å²) in [5.74, 6) is 0.630. The normalized spacial score (nSPS) is 18.6. The fraction of sp³-hybridized carbons (Fsp3) is 0.391. The zero-order chi connectivity index (χ0) is 23.0. The molecule has 1 aliphatic carbocycles. The van der Waals surface area contributed by atoms with Crippen molar-refractivity contribution in [2.75, 3.05) is 25.9 Å². The molecule has 0 saturated heterocycles. The summed E-state index contributed by atoms with van der Waals surface area (Å²) in [4.78, 5) is 1.93. The zero-order valence-electron chi connectivity index (χ0n) is 17.8. The van der Waals surface area contributed by atoms with E-state index in [1.807, 2.05) is 47.5 Å². The minimum atomic E-state index is -1.11. The van der Waals surface area contributed by atoms with Gasteiger partial charge in [-0.05, 0) is 55.6 Å². The lowest BCUT2D eigenvalue weighted by Gasteiger charge is -2.31. The molecule has 1 aromatic rings. The number of nitrogens with zero attached hydrogens (tertiary/aromatic N) is 2. The van der Waals surface area contributed by atoms with Gasteiger partial charge in [-0.25, -0.2) is 8.51 Å². The van der Waals surface area contributed by atoms with Crippen molar-refractivity contribution in [2.24, 2.45) is 5.92 Å². The van der Waals surface area contributed by atoms with Crippen LogP contribution in [-0.2, 0) is 17.5 Å². The van der Waals surface area contributed by atoms with Gasteiger partial charge in [0.05, 0.1) is 16.7 Å². The van der Waals surface area contributed by atoms with Crippen LogP contribution >= 0.6 is 34.8 Å². The van der Waals surface area contributed by atoms with Crippen LogP contribution in [0.15, 0.2) is 65.8 Å². The van der Waals surface area contributed by atoms with Crippen LogP contribution in [-0.4, -0.2) is 50.6 Å². The van der Waals surface area contributed by atoms with Crippen molar-refractivity contribution < 1.29 is 9.32 Å². The van der Waals surface area contributed by atoms with Gasteiger partial charge in [-0.2, -0.15) is 0 Å². The lowest BCUT2D eigenvalue weighted by atomic mass is 9.95. The summed E-state index contributed by atoms with van der Waals surface area (Å²) < 4.78 is 14.0. The Labute approximate surface area is 203 Å². The number of aliphatic hydroxyl groups is 1. The molecule has 0 aliphatic heterocycles. The Kier molecular flexibility index (Phi) is 11.0. The van der Waals surface area contributed by atoms with Gasteiger partial charge in [0.15, 0.2) is 0 Å². The number of hydrogen-bond donors (Lipinski definition) is 1. The maximum Gasteiger partial charge on any atom is 0.133 e. The Bertz CT molecular complexity index is 865. The Morgan fingerprint density at radius 3 is 2.58 bits per heavy atom. The molecule has 0 aromatic heterocycles. The second-order valence-electron chi connectivity index (χ2n) is 7.73. The summed E-state index contributed by atoms with van der Waals surface area (Å²) in [6, 6.07) is 5.39. The Hall–Kier alpha value is -0.920. The van der Waals surface area contributed by atoms with E-state index >= 15 is 0 Å². The highest BCUT2D eigenvalue weighted by Crippen LogP contribution is 2.25. The molecule has 0 bridgehead atoms. The van der Waals surface area contributed by atoms with Crippen molar-refractivity contribution in [1.82, 2.24) is 9.21 Å². The third-order valence-corrected chi connectivity index (χ3v) is 6.75. The van der Waals surface area contributed by atoms with Gasteiger partial charge in [-0.1, -0.05) is 71.3 Å². The third kappa shape index (κ3) is 8.85. The van der Waals surface area contributed by atoms with E-state index in [2.05, 4.69) is 12.7 Å². The number of aliphatic hydroxyl groups excluding tert-OH is 1. The van der Waals surface area contributed by atoms with Crippen molar-refractivity contribution in [3.8, 4) is 0 Å². The van der Waals surface area contributed by atoms with Crippen LogP contribution in [0.1, 0.15) is 18.9 Å². The fourth-order valence-electron chi connectivity index (χ4n) is 3.39. The Balaban J connectivity index is 2.03. The number of hydrogen-bond acceptors (Lipinski definition) is 3. The van der Waals surface area contributed by atoms with Crippen LogP contribution in [0.25, 0.3) is 0 Å². The van der Waals surface area contributed by atoms with E-state index in [1.165, 1.54) is 5.54 Å². The van der Waals surface area contributed by atoms with Crippen molar-refractivity contribution >= 4 is 45.8 Å². The average molecular weight is 504 g/mol. The number of benzene rings is 1. The molecule has 0 amide bonds.